The van der Waals surface area contributed by atoms with Crippen LogP contribution < -0.4 is 10.9 Å². The molecule has 1 amide bonds. The number of thioether (sulfide) groups is 1. The van der Waals surface area contributed by atoms with Crippen molar-refractivity contribution in [2.45, 2.75) is 43.3 Å². The molecule has 2 heterocycles. The van der Waals surface area contributed by atoms with Gasteiger partial charge in [-0.25, -0.2) is 4.98 Å². The second-order valence-electron chi connectivity index (χ2n) is 6.99. The zero-order valence-electron chi connectivity index (χ0n) is 15.6. The molecule has 0 saturated heterocycles. The molecule has 1 N–H and O–H groups in total. The number of nitrogens with one attached hydrogen (secondary N) is 1. The van der Waals surface area contributed by atoms with E-state index in [0.29, 0.717) is 22.6 Å². The number of hydrogen-bond donors (Lipinski definition) is 1. The highest BCUT2D eigenvalue weighted by molar-refractivity contribution is 7.99. The molecule has 2 aromatic heterocycles. The number of carbonyl (C=O) groups excluding carboxylic acids is 1. The number of amides is 1. The van der Waals surface area contributed by atoms with Crippen molar-refractivity contribution in [1.82, 2.24) is 14.9 Å². The van der Waals surface area contributed by atoms with E-state index >= 15 is 0 Å². The van der Waals surface area contributed by atoms with Gasteiger partial charge in [-0.1, -0.05) is 42.8 Å². The molecule has 0 spiro atoms. The van der Waals surface area contributed by atoms with Gasteiger partial charge in [-0.2, -0.15) is 0 Å². The molecule has 7 heteroatoms. The number of carbonyl (C=O) groups is 1. The summed E-state index contributed by atoms with van der Waals surface area (Å²) in [6.07, 6.45) is 5.12. The van der Waals surface area contributed by atoms with Crippen LogP contribution in [0.5, 0.6) is 0 Å². The second kappa shape index (κ2) is 8.92. The summed E-state index contributed by atoms with van der Waals surface area (Å²) >= 11 is 3.06. The summed E-state index contributed by atoms with van der Waals surface area (Å²) in [4.78, 5) is 31.4. The molecule has 28 heavy (non-hydrogen) atoms. The van der Waals surface area contributed by atoms with Gasteiger partial charge in [-0.15, -0.1) is 11.3 Å². The molecular weight excluding hydrogens is 390 g/mol. The third-order valence-corrected chi connectivity index (χ3v) is 6.96. The lowest BCUT2D eigenvalue weighted by molar-refractivity contribution is -0.118. The molecule has 0 radical (unpaired) electrons. The first kappa shape index (κ1) is 19.2. The normalized spacial score (nSPS) is 14.6. The Morgan fingerprint density at radius 2 is 2.04 bits per heavy atom. The molecule has 0 atom stereocenters. The maximum atomic E-state index is 13.1. The molecule has 146 valence electrons. The van der Waals surface area contributed by atoms with E-state index in [1.807, 2.05) is 40.3 Å². The van der Waals surface area contributed by atoms with E-state index in [1.54, 1.807) is 11.3 Å². The summed E-state index contributed by atoms with van der Waals surface area (Å²) in [5.41, 5.74) is 0.709. The average molecular weight is 414 g/mol. The summed E-state index contributed by atoms with van der Waals surface area (Å²) in [7, 11) is 0. The largest absolute Gasteiger partial charge is 0.355 e. The fourth-order valence-corrected chi connectivity index (χ4v) is 5.28. The van der Waals surface area contributed by atoms with Crippen molar-refractivity contribution >= 4 is 39.9 Å². The lowest BCUT2D eigenvalue weighted by Gasteiger charge is -2.18. The van der Waals surface area contributed by atoms with Crippen LogP contribution in [0.1, 0.15) is 36.6 Å². The summed E-state index contributed by atoms with van der Waals surface area (Å²) in [6, 6.07) is 11.7. The van der Waals surface area contributed by atoms with Crippen LogP contribution in [0, 0.1) is 0 Å². The number of nitrogens with zero attached hydrogens (tertiary/aromatic N) is 2. The smallest absolute Gasteiger partial charge is 0.262 e. The number of para-hydroxylation sites is 1. The SMILES string of the molecule is O=C(CSc1nc2ccccc2c(=O)n1C1CCCC1)NCCc1cccs1. The Morgan fingerprint density at radius 3 is 2.82 bits per heavy atom. The standard InChI is InChI=1S/C21H23N3O2S2/c25-19(22-12-11-16-8-5-13-27-16)14-28-21-23-18-10-4-3-9-17(18)20(26)24(21)15-6-1-2-7-15/h3-5,8-10,13,15H,1-2,6-7,11-12,14H2,(H,22,25). The van der Waals surface area contributed by atoms with Crippen LogP contribution in [0.2, 0.25) is 0 Å². The molecule has 0 unspecified atom stereocenters. The van der Waals surface area contributed by atoms with Crippen LogP contribution in [-0.2, 0) is 11.2 Å². The minimum atomic E-state index is -0.0260. The van der Waals surface area contributed by atoms with Crippen molar-refractivity contribution in [1.29, 1.82) is 0 Å². The quantitative estimate of drug-likeness (QED) is 0.469. The highest BCUT2D eigenvalue weighted by Gasteiger charge is 2.23. The van der Waals surface area contributed by atoms with Crippen LogP contribution in [0.25, 0.3) is 10.9 Å². The Hall–Kier alpha value is -2.12. The number of rotatable bonds is 7. The Bertz CT molecular complexity index is 1010. The van der Waals surface area contributed by atoms with Gasteiger partial charge in [0, 0.05) is 17.5 Å². The molecular formula is C21H23N3O2S2. The fraction of sp³-hybridized carbons (Fsp3) is 0.381. The predicted molar refractivity (Wildman–Crippen MR) is 115 cm³/mol. The van der Waals surface area contributed by atoms with Gasteiger partial charge in [0.25, 0.3) is 5.56 Å². The first-order chi connectivity index (χ1) is 13.7. The van der Waals surface area contributed by atoms with Gasteiger partial charge >= 0.3 is 0 Å². The molecule has 4 rings (SSSR count). The van der Waals surface area contributed by atoms with Crippen LogP contribution >= 0.6 is 23.1 Å². The molecule has 1 aliphatic rings. The topological polar surface area (TPSA) is 64.0 Å². The summed E-state index contributed by atoms with van der Waals surface area (Å²) in [5, 5.41) is 6.31. The highest BCUT2D eigenvalue weighted by atomic mass is 32.2. The van der Waals surface area contributed by atoms with Gasteiger partial charge in [0.2, 0.25) is 5.91 Å². The first-order valence-corrected chi connectivity index (χ1v) is 11.5. The van der Waals surface area contributed by atoms with Gasteiger partial charge in [0.05, 0.1) is 16.7 Å². The number of thiophene rings is 1. The Labute approximate surface area is 172 Å². The van der Waals surface area contributed by atoms with Crippen molar-refractivity contribution in [3.63, 3.8) is 0 Å². The van der Waals surface area contributed by atoms with E-state index in [4.69, 9.17) is 4.98 Å². The van der Waals surface area contributed by atoms with Crippen molar-refractivity contribution in [3.8, 4) is 0 Å². The van der Waals surface area contributed by atoms with Crippen molar-refractivity contribution in [3.05, 3.63) is 57.0 Å². The number of fused-ring (bicyclic) bond motifs is 1. The Kier molecular flexibility index (Phi) is 6.12. The third-order valence-electron chi connectivity index (χ3n) is 5.07. The van der Waals surface area contributed by atoms with Crippen LogP contribution in [0.15, 0.2) is 51.7 Å². The molecule has 1 aromatic carbocycles. The van der Waals surface area contributed by atoms with Crippen molar-refractivity contribution in [2.75, 3.05) is 12.3 Å². The average Bonchev–Trinajstić information content (AvgIpc) is 3.41. The molecule has 5 nitrogen and oxygen atoms in total. The van der Waals surface area contributed by atoms with Gasteiger partial charge in [0.15, 0.2) is 5.16 Å². The van der Waals surface area contributed by atoms with E-state index in [2.05, 4.69) is 11.4 Å². The number of aromatic nitrogens is 2. The van der Waals surface area contributed by atoms with Crippen molar-refractivity contribution in [2.24, 2.45) is 0 Å². The minimum Gasteiger partial charge on any atom is -0.355 e. The Balaban J connectivity index is 1.48. The van der Waals surface area contributed by atoms with Gasteiger partial charge in [0.1, 0.15) is 0 Å². The minimum absolute atomic E-state index is 0.0121. The van der Waals surface area contributed by atoms with Gasteiger partial charge < -0.3 is 5.32 Å². The zero-order valence-corrected chi connectivity index (χ0v) is 17.2. The molecule has 1 saturated carbocycles. The number of benzene rings is 1. The maximum Gasteiger partial charge on any atom is 0.262 e. The lowest BCUT2D eigenvalue weighted by atomic mass is 10.2. The Morgan fingerprint density at radius 1 is 1.21 bits per heavy atom. The first-order valence-electron chi connectivity index (χ1n) is 9.65. The molecule has 1 aliphatic carbocycles. The van der Waals surface area contributed by atoms with Gasteiger partial charge in [-0.05, 0) is 42.8 Å². The summed E-state index contributed by atoms with van der Waals surface area (Å²) < 4.78 is 1.83. The van der Waals surface area contributed by atoms with Crippen LogP contribution in [0.4, 0.5) is 0 Å². The van der Waals surface area contributed by atoms with E-state index in [1.165, 1.54) is 16.6 Å². The van der Waals surface area contributed by atoms with Crippen LogP contribution in [0.3, 0.4) is 0 Å². The molecule has 3 aromatic rings. The molecule has 1 fully saturated rings. The lowest BCUT2D eigenvalue weighted by Crippen LogP contribution is -2.29. The molecule has 0 aliphatic heterocycles. The predicted octanol–water partition coefficient (Wildman–Crippen LogP) is 4.02. The highest BCUT2D eigenvalue weighted by Crippen LogP contribution is 2.32. The fourth-order valence-electron chi connectivity index (χ4n) is 3.67. The zero-order chi connectivity index (χ0) is 19.3. The van der Waals surface area contributed by atoms with Crippen LogP contribution in [-0.4, -0.2) is 27.8 Å². The maximum absolute atomic E-state index is 13.1. The monoisotopic (exact) mass is 413 g/mol. The summed E-state index contributed by atoms with van der Waals surface area (Å²) in [5.74, 6) is 0.240. The van der Waals surface area contributed by atoms with E-state index in [9.17, 15) is 9.59 Å². The van der Waals surface area contributed by atoms with Gasteiger partial charge in [-0.3, -0.25) is 14.2 Å². The second-order valence-corrected chi connectivity index (χ2v) is 8.97. The third kappa shape index (κ3) is 4.31. The van der Waals surface area contributed by atoms with E-state index in [0.717, 1.165) is 32.1 Å². The number of hydrogen-bond acceptors (Lipinski definition) is 5. The summed E-state index contributed by atoms with van der Waals surface area (Å²) in [6.45, 7) is 0.625. The molecule has 0 bridgehead atoms. The van der Waals surface area contributed by atoms with E-state index < -0.39 is 0 Å². The van der Waals surface area contributed by atoms with E-state index in [-0.39, 0.29) is 23.3 Å². The van der Waals surface area contributed by atoms with Crippen molar-refractivity contribution < 1.29 is 4.79 Å².